The summed E-state index contributed by atoms with van der Waals surface area (Å²) in [7, 11) is 0. The van der Waals surface area contributed by atoms with E-state index in [4.69, 9.17) is 0 Å². The highest BCUT2D eigenvalue weighted by atomic mass is 35.5. The first-order chi connectivity index (χ1) is 19.3. The van der Waals surface area contributed by atoms with Gasteiger partial charge < -0.3 is 21.1 Å². The van der Waals surface area contributed by atoms with Crippen LogP contribution in [0.4, 0.5) is 4.39 Å². The quantitative estimate of drug-likeness (QED) is 0.257. The lowest BCUT2D eigenvalue weighted by Gasteiger charge is -2.27. The van der Waals surface area contributed by atoms with Crippen LogP contribution >= 0.6 is 12.4 Å². The van der Waals surface area contributed by atoms with Crippen LogP contribution in [0, 0.1) is 12.7 Å². The van der Waals surface area contributed by atoms with Crippen molar-refractivity contribution in [1.29, 1.82) is 0 Å². The van der Waals surface area contributed by atoms with Crippen LogP contribution in [0.3, 0.4) is 0 Å². The van der Waals surface area contributed by atoms with Crippen LogP contribution in [0.5, 0.6) is 5.75 Å². The van der Waals surface area contributed by atoms with Crippen LogP contribution in [0.25, 0.3) is 10.9 Å². The number of aromatic nitrogens is 2. The van der Waals surface area contributed by atoms with Crippen molar-refractivity contribution in [3.05, 3.63) is 101 Å². The monoisotopic (exact) mass is 577 g/mol. The molecule has 1 fully saturated rings. The summed E-state index contributed by atoms with van der Waals surface area (Å²) in [6.07, 6.45) is 4.56. The topological polar surface area (TPSA) is 133 Å². The second-order valence-corrected chi connectivity index (χ2v) is 9.76. The number of ketones is 1. The van der Waals surface area contributed by atoms with Crippen molar-refractivity contribution >= 4 is 40.9 Å². The van der Waals surface area contributed by atoms with Gasteiger partial charge in [0.15, 0.2) is 11.6 Å². The lowest BCUT2D eigenvalue weighted by atomic mass is 9.98. The second-order valence-electron chi connectivity index (χ2n) is 9.76. The van der Waals surface area contributed by atoms with Crippen molar-refractivity contribution in [1.82, 2.24) is 25.9 Å². The van der Waals surface area contributed by atoms with E-state index in [0.717, 1.165) is 13.0 Å². The smallest absolute Gasteiger partial charge is 0.251 e. The fourth-order valence-electron chi connectivity index (χ4n) is 4.82. The van der Waals surface area contributed by atoms with Gasteiger partial charge in [0.05, 0.1) is 12.1 Å². The maximum absolute atomic E-state index is 15.2. The standard InChI is InChI=1S/C30H28FN5O4.ClH/c1-17-4-5-21-15-24(37)25(26(31)27(21)34-17)28(38)18-6-8-19(9-7-18)29(39)35-22-3-2-12-33-16-23(22)36-30(40)20-10-13-32-14-11-20;/h4-11,13-15,22-23,33,37H,2-3,12,16H2,1H3,(H,35,39)(H,36,40);1H/t22-,23-;/m1./s1. The van der Waals surface area contributed by atoms with Gasteiger partial charge in [0.1, 0.15) is 16.8 Å². The van der Waals surface area contributed by atoms with Gasteiger partial charge >= 0.3 is 0 Å². The predicted molar refractivity (Wildman–Crippen MR) is 154 cm³/mol. The predicted octanol–water partition coefficient (Wildman–Crippen LogP) is 3.72. The van der Waals surface area contributed by atoms with Gasteiger partial charge in [-0.15, -0.1) is 12.4 Å². The number of nitrogens with one attached hydrogen (secondary N) is 3. The lowest BCUT2D eigenvalue weighted by Crippen LogP contribution is -2.54. The highest BCUT2D eigenvalue weighted by molar-refractivity contribution is 6.13. The zero-order chi connectivity index (χ0) is 28.2. The van der Waals surface area contributed by atoms with Gasteiger partial charge in [0, 0.05) is 46.7 Å². The molecule has 5 rings (SSSR count). The summed E-state index contributed by atoms with van der Waals surface area (Å²) in [5.41, 5.74) is 0.994. The number of phenols is 1. The summed E-state index contributed by atoms with van der Waals surface area (Å²) in [4.78, 5) is 47.1. The Kier molecular flexibility index (Phi) is 9.26. The van der Waals surface area contributed by atoms with E-state index in [2.05, 4.69) is 25.9 Å². The van der Waals surface area contributed by atoms with Gasteiger partial charge in [-0.3, -0.25) is 24.4 Å². The number of halogens is 2. The molecule has 0 aliphatic carbocycles. The molecule has 0 unspecified atom stereocenters. The van der Waals surface area contributed by atoms with E-state index in [9.17, 15) is 19.5 Å². The van der Waals surface area contributed by atoms with Crippen LogP contribution < -0.4 is 16.0 Å². The van der Waals surface area contributed by atoms with Gasteiger partial charge in [-0.25, -0.2) is 4.39 Å². The molecule has 41 heavy (non-hydrogen) atoms. The van der Waals surface area contributed by atoms with E-state index in [-0.39, 0.29) is 47.4 Å². The third-order valence-electron chi connectivity index (χ3n) is 6.97. The van der Waals surface area contributed by atoms with Crippen molar-refractivity contribution in [2.75, 3.05) is 13.1 Å². The van der Waals surface area contributed by atoms with E-state index in [1.807, 2.05) is 0 Å². The first-order valence-electron chi connectivity index (χ1n) is 13.0. The number of carbonyl (C=O) groups excluding carboxylic acids is 3. The molecule has 1 aliphatic heterocycles. The highest BCUT2D eigenvalue weighted by Gasteiger charge is 2.28. The minimum absolute atomic E-state index is 0. The lowest BCUT2D eigenvalue weighted by molar-refractivity contribution is 0.0882. The minimum Gasteiger partial charge on any atom is -0.507 e. The fraction of sp³-hybridized carbons (Fsp3) is 0.233. The summed E-state index contributed by atoms with van der Waals surface area (Å²) in [5.74, 6) is -2.72. The molecule has 0 saturated carbocycles. The number of hydrogen-bond donors (Lipinski definition) is 4. The molecule has 0 spiro atoms. The zero-order valence-electron chi connectivity index (χ0n) is 22.2. The molecule has 4 aromatic rings. The molecule has 1 saturated heterocycles. The number of pyridine rings is 2. The van der Waals surface area contributed by atoms with E-state index < -0.39 is 22.9 Å². The summed E-state index contributed by atoms with van der Waals surface area (Å²) in [5, 5.41) is 20.1. The zero-order valence-corrected chi connectivity index (χ0v) is 23.0. The maximum atomic E-state index is 15.2. The van der Waals surface area contributed by atoms with Gasteiger partial charge in [0.2, 0.25) is 0 Å². The Labute approximate surface area is 242 Å². The third kappa shape index (κ3) is 6.50. The maximum Gasteiger partial charge on any atom is 0.251 e. The Morgan fingerprint density at radius 2 is 1.56 bits per heavy atom. The number of aryl methyl sites for hydroxylation is 1. The Balaban J connectivity index is 0.00000387. The second kappa shape index (κ2) is 12.8. The molecule has 11 heteroatoms. The SMILES string of the molecule is Cc1ccc2cc(O)c(C(=O)c3ccc(C(=O)N[C@@H]4CCCNC[C@H]4NC(=O)c4ccncc4)cc3)c(F)c2n1.Cl. The number of carbonyl (C=O) groups is 3. The molecule has 3 heterocycles. The molecule has 1 aliphatic rings. The minimum atomic E-state index is -0.896. The van der Waals surface area contributed by atoms with Crippen LogP contribution in [0.2, 0.25) is 0 Å². The molecular weight excluding hydrogens is 549 g/mol. The van der Waals surface area contributed by atoms with E-state index in [1.54, 1.807) is 43.6 Å². The Bertz CT molecular complexity index is 1580. The first kappa shape index (κ1) is 29.6. The Morgan fingerprint density at radius 1 is 0.927 bits per heavy atom. The Hall–Kier alpha value is -4.41. The molecule has 2 aromatic heterocycles. The molecule has 2 amide bonds. The number of amides is 2. The molecule has 0 radical (unpaired) electrons. The van der Waals surface area contributed by atoms with Crippen molar-refractivity contribution in [2.45, 2.75) is 31.8 Å². The van der Waals surface area contributed by atoms with Gasteiger partial charge in [-0.05, 0) is 62.7 Å². The molecule has 2 aromatic carbocycles. The molecule has 9 nitrogen and oxygen atoms in total. The molecule has 2 atom stereocenters. The third-order valence-corrected chi connectivity index (χ3v) is 6.97. The van der Waals surface area contributed by atoms with Crippen molar-refractivity contribution in [2.24, 2.45) is 0 Å². The average Bonchev–Trinajstić information content (AvgIpc) is 3.18. The Morgan fingerprint density at radius 3 is 2.27 bits per heavy atom. The number of hydrogen-bond acceptors (Lipinski definition) is 7. The molecule has 4 N–H and O–H groups in total. The van der Waals surface area contributed by atoms with E-state index in [1.165, 1.54) is 30.3 Å². The van der Waals surface area contributed by atoms with Crippen molar-refractivity contribution in [3.63, 3.8) is 0 Å². The first-order valence-corrected chi connectivity index (χ1v) is 13.0. The molecular formula is C30H29ClFN5O4. The number of aromatic hydroxyl groups is 1. The van der Waals surface area contributed by atoms with Crippen LogP contribution in [-0.2, 0) is 0 Å². The normalized spacial score (nSPS) is 16.7. The largest absolute Gasteiger partial charge is 0.507 e. The van der Waals surface area contributed by atoms with Crippen LogP contribution in [0.15, 0.2) is 67.0 Å². The van der Waals surface area contributed by atoms with Crippen LogP contribution in [0.1, 0.15) is 55.2 Å². The van der Waals surface area contributed by atoms with Crippen LogP contribution in [-0.4, -0.2) is 57.8 Å². The molecule has 0 bridgehead atoms. The average molecular weight is 578 g/mol. The fourth-order valence-corrected chi connectivity index (χ4v) is 4.82. The van der Waals surface area contributed by atoms with Gasteiger partial charge in [-0.2, -0.15) is 0 Å². The summed E-state index contributed by atoms with van der Waals surface area (Å²) in [6, 6.07) is 13.0. The van der Waals surface area contributed by atoms with E-state index in [0.29, 0.717) is 35.2 Å². The summed E-state index contributed by atoms with van der Waals surface area (Å²) >= 11 is 0. The van der Waals surface area contributed by atoms with Crippen molar-refractivity contribution in [3.8, 4) is 5.75 Å². The number of nitrogens with zero attached hydrogens (tertiary/aromatic N) is 2. The van der Waals surface area contributed by atoms with Gasteiger partial charge in [0.25, 0.3) is 11.8 Å². The summed E-state index contributed by atoms with van der Waals surface area (Å²) in [6.45, 7) is 2.96. The number of fused-ring (bicyclic) bond motifs is 1. The van der Waals surface area contributed by atoms with E-state index >= 15 is 4.39 Å². The number of rotatable bonds is 6. The summed E-state index contributed by atoms with van der Waals surface area (Å²) < 4.78 is 15.2. The number of benzene rings is 2. The van der Waals surface area contributed by atoms with Gasteiger partial charge in [-0.1, -0.05) is 18.2 Å². The van der Waals surface area contributed by atoms with Crippen molar-refractivity contribution < 1.29 is 23.9 Å². The number of phenolic OH excluding ortho intramolecular Hbond substituents is 1. The highest BCUT2D eigenvalue weighted by Crippen LogP contribution is 2.30. The molecule has 212 valence electrons.